The second-order valence-electron chi connectivity index (χ2n) is 12.2. The maximum absolute atomic E-state index is 14.0. The smallest absolute Gasteiger partial charge is 0.240 e. The predicted octanol–water partition coefficient (Wildman–Crippen LogP) is 4.52. The van der Waals surface area contributed by atoms with Crippen molar-refractivity contribution in [2.45, 2.75) is 76.0 Å². The molecule has 3 saturated heterocycles. The Kier molecular flexibility index (Phi) is 5.55. The van der Waals surface area contributed by atoms with E-state index < -0.39 is 37.5 Å². The number of hydrogen-bond donors (Lipinski definition) is 1. The number of anilines is 1. The highest BCUT2D eigenvalue weighted by Gasteiger charge is 2.77. The Hall–Kier alpha value is -2.57. The van der Waals surface area contributed by atoms with Gasteiger partial charge in [0.15, 0.2) is 8.32 Å². The van der Waals surface area contributed by atoms with Crippen molar-refractivity contribution in [3.8, 4) is 6.07 Å². The van der Waals surface area contributed by atoms with Crippen LogP contribution in [0.4, 0.5) is 5.69 Å². The van der Waals surface area contributed by atoms with Crippen LogP contribution in [0.1, 0.15) is 46.1 Å². The highest BCUT2D eigenvalue weighted by Crippen LogP contribution is 2.62. The van der Waals surface area contributed by atoms with Gasteiger partial charge in [-0.1, -0.05) is 45.0 Å². The number of carbonyl (C=O) groups excluding carboxylic acids is 2. The van der Waals surface area contributed by atoms with Crippen molar-refractivity contribution in [1.29, 1.82) is 5.26 Å². The van der Waals surface area contributed by atoms with Gasteiger partial charge in [-0.3, -0.25) is 9.59 Å². The van der Waals surface area contributed by atoms with E-state index >= 15 is 0 Å². The van der Waals surface area contributed by atoms with E-state index in [2.05, 4.69) is 39.9 Å². The first kappa shape index (κ1) is 25.1. The summed E-state index contributed by atoms with van der Waals surface area (Å²) in [5.41, 5.74) is -1.13. The van der Waals surface area contributed by atoms with Crippen molar-refractivity contribution >= 4 is 36.6 Å². The van der Waals surface area contributed by atoms with Gasteiger partial charge in [0.1, 0.15) is 5.60 Å². The van der Waals surface area contributed by atoms with Gasteiger partial charge in [-0.15, -0.1) is 0 Å². The van der Waals surface area contributed by atoms with Gasteiger partial charge in [0.2, 0.25) is 11.8 Å². The van der Waals surface area contributed by atoms with Crippen LogP contribution in [0.25, 0.3) is 10.8 Å². The second kappa shape index (κ2) is 7.96. The number of ether oxygens (including phenoxy) is 1. The Balaban J connectivity index is 1.52. The minimum Gasteiger partial charge on any atom is -0.417 e. The average molecular weight is 507 g/mol. The van der Waals surface area contributed by atoms with Crippen LogP contribution in [-0.2, 0) is 18.8 Å². The molecule has 36 heavy (non-hydrogen) atoms. The maximum Gasteiger partial charge on any atom is 0.240 e. The Bertz CT molecular complexity index is 1310. The van der Waals surface area contributed by atoms with Gasteiger partial charge >= 0.3 is 0 Å². The number of aliphatic hydroxyl groups excluding tert-OH is 1. The summed E-state index contributed by atoms with van der Waals surface area (Å²) < 4.78 is 12.9. The van der Waals surface area contributed by atoms with E-state index in [9.17, 15) is 20.0 Å². The van der Waals surface area contributed by atoms with Crippen molar-refractivity contribution in [2.75, 3.05) is 11.5 Å². The minimum absolute atomic E-state index is 0.0417. The van der Waals surface area contributed by atoms with Crippen molar-refractivity contribution in [2.24, 2.45) is 11.8 Å². The van der Waals surface area contributed by atoms with Crippen molar-refractivity contribution < 1.29 is 23.9 Å². The van der Waals surface area contributed by atoms with Crippen LogP contribution in [-0.4, -0.2) is 49.2 Å². The fourth-order valence-corrected chi connectivity index (χ4v) is 7.18. The highest BCUT2D eigenvalue weighted by molar-refractivity contribution is 6.74. The summed E-state index contributed by atoms with van der Waals surface area (Å²) in [5.74, 6) is -2.11. The Labute approximate surface area is 213 Å². The SMILES string of the molecule is CC12O[C@](CCO[Si](C)(C)C(C)(C)C)(CC1O)[C@H]1C(=O)N(c3ccc(C#N)c4ccccc34)C(=O)[C@H]12. The van der Waals surface area contributed by atoms with Gasteiger partial charge in [0, 0.05) is 23.8 Å². The molecule has 1 N–H and O–H groups in total. The minimum atomic E-state index is -2.02. The number of fused-ring (bicyclic) bond motifs is 6. The van der Waals surface area contributed by atoms with Crippen molar-refractivity contribution in [1.82, 2.24) is 0 Å². The van der Waals surface area contributed by atoms with E-state index in [1.54, 1.807) is 19.1 Å². The third kappa shape index (κ3) is 3.33. The molecule has 3 fully saturated rings. The van der Waals surface area contributed by atoms with Crippen LogP contribution in [0.3, 0.4) is 0 Å². The number of hydrogen-bond acceptors (Lipinski definition) is 6. The first-order valence-electron chi connectivity index (χ1n) is 12.6. The van der Waals surface area contributed by atoms with E-state index in [1.165, 1.54) is 4.90 Å². The molecule has 3 aliphatic heterocycles. The molecule has 2 aromatic rings. The Morgan fingerprint density at radius 1 is 1.14 bits per heavy atom. The standard InChI is InChI=1S/C28H34N2O5Si/c1-26(2,3)36(5,6)34-14-13-28-15-21(31)27(4,35-28)22-23(28)25(33)30(24(22)32)20-12-11-17(16-29)18-9-7-8-10-19(18)20/h7-12,21-23,31H,13-15H2,1-6H3/t21?,22-,23+,27?,28+/m0/s1. The van der Waals surface area contributed by atoms with Crippen LogP contribution in [0.15, 0.2) is 36.4 Å². The van der Waals surface area contributed by atoms with Gasteiger partial charge in [0.05, 0.1) is 40.9 Å². The van der Waals surface area contributed by atoms with Crippen LogP contribution in [0, 0.1) is 23.2 Å². The van der Waals surface area contributed by atoms with E-state index in [0.29, 0.717) is 41.5 Å². The summed E-state index contributed by atoms with van der Waals surface area (Å²) in [6.45, 7) is 13.0. The molecule has 190 valence electrons. The zero-order valence-corrected chi connectivity index (χ0v) is 22.8. The number of carbonyl (C=O) groups is 2. The molecule has 3 aliphatic rings. The number of rotatable bonds is 5. The fraction of sp³-hybridized carbons (Fsp3) is 0.536. The van der Waals surface area contributed by atoms with Gasteiger partial charge in [-0.05, 0) is 43.6 Å². The summed E-state index contributed by atoms with van der Waals surface area (Å²) in [6.07, 6.45) is -0.109. The van der Waals surface area contributed by atoms with Crippen molar-refractivity contribution in [3.05, 3.63) is 42.0 Å². The number of aliphatic hydroxyl groups is 1. The lowest BCUT2D eigenvalue weighted by atomic mass is 9.66. The molecular weight excluding hydrogens is 472 g/mol. The Morgan fingerprint density at radius 2 is 1.78 bits per heavy atom. The zero-order valence-electron chi connectivity index (χ0n) is 21.8. The van der Waals surface area contributed by atoms with Gasteiger partial charge in [0.25, 0.3) is 0 Å². The zero-order chi connectivity index (χ0) is 26.3. The summed E-state index contributed by atoms with van der Waals surface area (Å²) in [7, 11) is -2.02. The number of imide groups is 1. The first-order valence-corrected chi connectivity index (χ1v) is 15.5. The van der Waals surface area contributed by atoms with E-state index in [1.807, 2.05) is 24.3 Å². The van der Waals surface area contributed by atoms with E-state index in [-0.39, 0.29) is 16.9 Å². The van der Waals surface area contributed by atoms with E-state index in [0.717, 1.165) is 0 Å². The quantitative estimate of drug-likeness (QED) is 0.473. The lowest BCUT2D eigenvalue weighted by Crippen LogP contribution is -2.50. The number of nitriles is 1. The molecule has 2 amide bonds. The molecule has 0 saturated carbocycles. The number of nitrogens with zero attached hydrogens (tertiary/aromatic N) is 2. The molecule has 2 bridgehead atoms. The largest absolute Gasteiger partial charge is 0.417 e. The summed E-state index contributed by atoms with van der Waals surface area (Å²) in [5, 5.41) is 22.0. The van der Waals surface area contributed by atoms with Gasteiger partial charge in [-0.2, -0.15) is 5.26 Å². The lowest BCUT2D eigenvalue weighted by Gasteiger charge is -2.38. The molecule has 0 aromatic heterocycles. The monoisotopic (exact) mass is 506 g/mol. The number of amides is 2. The second-order valence-corrected chi connectivity index (χ2v) is 17.0. The first-order chi connectivity index (χ1) is 16.8. The molecule has 2 unspecified atom stereocenters. The third-order valence-corrected chi connectivity index (χ3v) is 13.7. The maximum atomic E-state index is 14.0. The summed E-state index contributed by atoms with van der Waals surface area (Å²) in [6, 6.07) is 12.8. The summed E-state index contributed by atoms with van der Waals surface area (Å²) >= 11 is 0. The van der Waals surface area contributed by atoms with Gasteiger partial charge in [-0.25, -0.2) is 4.90 Å². The molecule has 7 nitrogen and oxygen atoms in total. The lowest BCUT2D eigenvalue weighted by molar-refractivity contribution is -0.134. The topological polar surface area (TPSA) is 99.9 Å². The summed E-state index contributed by atoms with van der Waals surface area (Å²) in [4.78, 5) is 29.1. The molecule has 2 aromatic carbocycles. The average Bonchev–Trinajstić information content (AvgIpc) is 3.33. The molecule has 0 radical (unpaired) electrons. The molecule has 0 spiro atoms. The fourth-order valence-electron chi connectivity index (χ4n) is 6.13. The van der Waals surface area contributed by atoms with Crippen LogP contribution in [0.5, 0.6) is 0 Å². The molecule has 5 atom stereocenters. The van der Waals surface area contributed by atoms with Crippen LogP contribution >= 0.6 is 0 Å². The highest BCUT2D eigenvalue weighted by atomic mass is 28.4. The van der Waals surface area contributed by atoms with E-state index in [4.69, 9.17) is 9.16 Å². The van der Waals surface area contributed by atoms with Crippen LogP contribution in [0.2, 0.25) is 18.1 Å². The third-order valence-electron chi connectivity index (χ3n) is 9.17. The predicted molar refractivity (Wildman–Crippen MR) is 139 cm³/mol. The Morgan fingerprint density at radius 3 is 2.42 bits per heavy atom. The normalized spacial score (nSPS) is 31.8. The molecule has 8 heteroatoms. The number of benzene rings is 2. The molecular formula is C28H34N2O5Si. The molecule has 5 rings (SSSR count). The molecule has 0 aliphatic carbocycles. The van der Waals surface area contributed by atoms with Gasteiger partial charge < -0.3 is 14.3 Å². The molecule has 3 heterocycles. The van der Waals surface area contributed by atoms with Crippen molar-refractivity contribution in [3.63, 3.8) is 0 Å². The van der Waals surface area contributed by atoms with Crippen LogP contribution < -0.4 is 4.90 Å².